The molecule has 11 heteroatoms. The molecule has 1 aliphatic heterocycles. The molecule has 1 heterocycles. The van der Waals surface area contributed by atoms with Crippen LogP contribution in [0.15, 0.2) is 72.8 Å². The van der Waals surface area contributed by atoms with Gasteiger partial charge in [0.25, 0.3) is 0 Å². The standard InChI is InChI=1S/C18H18BF2NO.5CO.Cr/c1-16-12-22(19(20,21)23-15-16,13-17-8-4-2-5-9-17)14-18-10-6-3-7-11-18;5*1-2;/h2-11H,1,12-14H2;;;;;;. The third-order valence-corrected chi connectivity index (χ3v) is 4.96. The van der Waals surface area contributed by atoms with Gasteiger partial charge in [-0.25, -0.2) is 0 Å². The van der Waals surface area contributed by atoms with Crippen LogP contribution in [0.4, 0.5) is 8.63 Å². The molecule has 34 heavy (non-hydrogen) atoms. The predicted octanol–water partition coefficient (Wildman–Crippen LogP) is 3.65. The molecular formula is C23H18BCrF2NO6. The van der Waals surface area contributed by atoms with E-state index in [0.717, 1.165) is 11.1 Å². The van der Waals surface area contributed by atoms with Crippen molar-refractivity contribution in [1.29, 1.82) is 0 Å². The molecule has 2 aromatic carbocycles. The van der Waals surface area contributed by atoms with Gasteiger partial charge in [0.2, 0.25) is 0 Å². The average molecular weight is 505 g/mol. The van der Waals surface area contributed by atoms with E-state index in [1.807, 2.05) is 60.7 Å². The molecule has 0 aromatic heterocycles. The van der Waals surface area contributed by atoms with Crippen LogP contribution >= 0.6 is 0 Å². The molecule has 3 rings (SSSR count). The number of quaternary nitrogens is 1. The molecule has 1 saturated heterocycles. The summed E-state index contributed by atoms with van der Waals surface area (Å²) in [5.41, 5.74) is 2.29. The van der Waals surface area contributed by atoms with E-state index < -0.39 is 11.4 Å². The molecule has 0 unspecified atom stereocenters. The molecule has 1 fully saturated rings. The van der Waals surface area contributed by atoms with E-state index in [0.29, 0.717) is 5.57 Å². The normalized spacial score (nSPS) is 13.9. The first-order chi connectivity index (χ1) is 16.4. The molecule has 0 saturated carbocycles. The molecule has 174 valence electrons. The van der Waals surface area contributed by atoms with E-state index in [4.69, 9.17) is 27.9 Å². The Morgan fingerprint density at radius 2 is 1.09 bits per heavy atom. The Morgan fingerprint density at radius 1 is 0.765 bits per heavy atom. The summed E-state index contributed by atoms with van der Waals surface area (Å²) in [4.78, 5) is 0. The minimum atomic E-state index is -4.10. The fourth-order valence-corrected chi connectivity index (χ4v) is 3.43. The van der Waals surface area contributed by atoms with Gasteiger partial charge in [-0.2, -0.15) is 0 Å². The van der Waals surface area contributed by atoms with Gasteiger partial charge in [0, 0.05) is 0 Å². The van der Waals surface area contributed by atoms with E-state index in [2.05, 4.69) is 55.7 Å². The molecule has 0 N–H and O–H groups in total. The summed E-state index contributed by atoms with van der Waals surface area (Å²) in [6.45, 7) is 26.9. The molecule has 0 amide bonds. The molecule has 1 aliphatic rings. The van der Waals surface area contributed by atoms with Crippen LogP contribution in [0.2, 0.25) is 0 Å². The van der Waals surface area contributed by atoms with Gasteiger partial charge in [-0.1, -0.05) is 0 Å². The maximum atomic E-state index is 15.0. The zero-order chi connectivity index (χ0) is 27.2. The third-order valence-electron chi connectivity index (χ3n) is 4.36. The van der Waals surface area contributed by atoms with Gasteiger partial charge in [0.05, 0.1) is 0 Å². The molecule has 0 spiro atoms. The summed E-state index contributed by atoms with van der Waals surface area (Å²) in [5, 5.41) is 0. The maximum absolute atomic E-state index is 15.0. The van der Waals surface area contributed by atoms with E-state index in [-0.39, 0.29) is 24.2 Å². The van der Waals surface area contributed by atoms with Crippen LogP contribution in [0.25, 0.3) is 0 Å². The quantitative estimate of drug-likeness (QED) is 0.353. The Balaban J connectivity index is -0.000000854. The van der Waals surface area contributed by atoms with Crippen molar-refractivity contribution in [3.05, 3.63) is 117 Å². The molecule has 7 nitrogen and oxygen atoms in total. The Labute approximate surface area is 205 Å². The number of hydrogen-bond donors (Lipinski definition) is 0. The van der Waals surface area contributed by atoms with Crippen LogP contribution < -0.4 is 0 Å². The van der Waals surface area contributed by atoms with Crippen LogP contribution in [0.3, 0.4) is 0 Å². The first kappa shape index (κ1) is 35.7. The molecule has 0 bridgehead atoms. The molecular weight excluding hydrogens is 487 g/mol. The van der Waals surface area contributed by atoms with E-state index in [9.17, 15) is 0 Å². The number of rotatable bonds is 4. The minimum absolute atomic E-state index is 0.120. The fraction of sp³-hybridized carbons (Fsp3) is 0.130. The van der Waals surface area contributed by atoms with Crippen molar-refractivity contribution >= 4 is 11.6 Å². The van der Waals surface area contributed by atoms with Gasteiger partial charge in [0.15, 0.2) is 0 Å². The molecule has 0 atom stereocenters. The topological polar surface area (TPSA) is 109 Å². The zero-order valence-corrected chi connectivity index (χ0v) is 19.0. The molecule has 0 aliphatic carbocycles. The van der Waals surface area contributed by atoms with Gasteiger partial charge < -0.3 is 0 Å². The number of benzene rings is 2. The van der Waals surface area contributed by atoms with Crippen molar-refractivity contribution in [2.75, 3.05) is 6.54 Å². The summed E-state index contributed by atoms with van der Waals surface area (Å²) < 4.78 is 72.3. The second-order valence-electron chi connectivity index (χ2n) is 6.23. The van der Waals surface area contributed by atoms with Crippen molar-refractivity contribution in [1.82, 2.24) is 0 Å². The second kappa shape index (κ2) is 20.7. The fourth-order valence-electron chi connectivity index (χ4n) is 3.15. The number of nitrogens with zero attached hydrogens (tertiary/aromatic N) is 1. The first-order valence-electron chi connectivity index (χ1n) is 8.79. The van der Waals surface area contributed by atoms with E-state index in [1.54, 1.807) is 0 Å². The monoisotopic (exact) mass is 505 g/mol. The van der Waals surface area contributed by atoms with Crippen molar-refractivity contribution in [3.63, 3.8) is 0 Å². The summed E-state index contributed by atoms with van der Waals surface area (Å²) in [7, 11) is -4.10. The van der Waals surface area contributed by atoms with E-state index >= 15 is 8.63 Å². The second-order valence-corrected chi connectivity index (χ2v) is 6.81. The number of halogens is 2. The predicted molar refractivity (Wildman–Crippen MR) is 108 cm³/mol. The third kappa shape index (κ3) is 10.8. The SMILES string of the molecule is C=C1C[N+](Cc2ccccc2)(Cc2ccccc2)[B-](F)(F)O[C]1=[Cr].[C-]#[O+].[C-]#[O+].[C-]#[O+].[C-]#[O+].[C-]#[O+]. The van der Waals surface area contributed by atoms with Crippen molar-refractivity contribution in [2.45, 2.75) is 13.1 Å². The van der Waals surface area contributed by atoms with E-state index in [1.165, 1.54) is 0 Å². The summed E-state index contributed by atoms with van der Waals surface area (Å²) >= 11 is 2.57. The Morgan fingerprint density at radius 3 is 1.41 bits per heavy atom. The van der Waals surface area contributed by atoms with Crippen molar-refractivity contribution in [2.24, 2.45) is 0 Å². The van der Waals surface area contributed by atoms with Gasteiger partial charge in [-0.15, -0.1) is 0 Å². The molecule has 2 aromatic rings. The first-order valence-corrected chi connectivity index (χ1v) is 9.43. The molecule has 0 radical (unpaired) electrons. The van der Waals surface area contributed by atoms with Crippen LogP contribution in [0.1, 0.15) is 11.1 Å². The van der Waals surface area contributed by atoms with Gasteiger partial charge in [-0.05, 0) is 0 Å². The van der Waals surface area contributed by atoms with Gasteiger partial charge in [-0.3, -0.25) is 0 Å². The average Bonchev–Trinajstić information content (AvgIpc) is 2.90. The van der Waals surface area contributed by atoms with Crippen LogP contribution in [-0.2, 0) is 56.9 Å². The van der Waals surface area contributed by atoms with Gasteiger partial charge in [0.1, 0.15) is 0 Å². The summed E-state index contributed by atoms with van der Waals surface area (Å²) in [5.74, 6) is 0. The number of hydrogen-bond acceptors (Lipinski definition) is 1. The Hall–Kier alpha value is -2.87. The van der Waals surface area contributed by atoms with Crippen molar-refractivity contribution in [3.8, 4) is 0 Å². The summed E-state index contributed by atoms with van der Waals surface area (Å²) in [6, 6.07) is 18.7. The zero-order valence-electron chi connectivity index (χ0n) is 17.7. The van der Waals surface area contributed by atoms with Gasteiger partial charge >= 0.3 is 205 Å². The van der Waals surface area contributed by atoms with Crippen LogP contribution in [0.5, 0.6) is 0 Å². The Bertz CT molecular complexity index is 899. The van der Waals surface area contributed by atoms with Crippen LogP contribution in [0, 0.1) is 33.3 Å². The van der Waals surface area contributed by atoms with Crippen LogP contribution in [-0.4, -0.2) is 22.5 Å². The summed E-state index contributed by atoms with van der Waals surface area (Å²) in [6.07, 6.45) is 0. The van der Waals surface area contributed by atoms with Crippen molar-refractivity contribution < 1.29 is 56.8 Å². The Kier molecular flexibility index (Phi) is 21.8.